The lowest BCUT2D eigenvalue weighted by Gasteiger charge is -2.18. The molecular weight excluding hydrogens is 372 g/mol. The normalized spacial score (nSPS) is 12.1. The molecule has 1 N–H and O–H groups in total. The molecule has 0 saturated heterocycles. The van der Waals surface area contributed by atoms with Crippen LogP contribution in [0.25, 0.3) is 5.65 Å². The maximum Gasteiger partial charge on any atom is 0.225 e. The number of pyridine rings is 1. The van der Waals surface area contributed by atoms with Gasteiger partial charge in [-0.25, -0.2) is 13.8 Å². The zero-order valence-electron chi connectivity index (χ0n) is 15.8. The Hall–Kier alpha value is -3.54. The van der Waals surface area contributed by atoms with Gasteiger partial charge in [-0.05, 0) is 60.5 Å². The lowest BCUT2D eigenvalue weighted by Crippen LogP contribution is -2.18. The number of aryl methyl sites for hydroxylation is 1. The van der Waals surface area contributed by atoms with E-state index in [9.17, 15) is 13.6 Å². The van der Waals surface area contributed by atoms with Gasteiger partial charge < -0.3 is 9.72 Å². The largest absolute Gasteiger partial charge is 0.326 e. The Morgan fingerprint density at radius 3 is 2.62 bits per heavy atom. The van der Waals surface area contributed by atoms with E-state index in [4.69, 9.17) is 0 Å². The maximum atomic E-state index is 14.6. The van der Waals surface area contributed by atoms with Crippen molar-refractivity contribution >= 4 is 17.2 Å². The van der Waals surface area contributed by atoms with Crippen LogP contribution in [0.3, 0.4) is 0 Å². The molecule has 0 fully saturated rings. The van der Waals surface area contributed by atoms with Gasteiger partial charge in [0.1, 0.15) is 17.3 Å². The molecule has 2 aromatic carbocycles. The van der Waals surface area contributed by atoms with Crippen molar-refractivity contribution in [2.75, 3.05) is 5.32 Å². The number of benzene rings is 2. The van der Waals surface area contributed by atoms with Crippen LogP contribution in [0.5, 0.6) is 0 Å². The smallest absolute Gasteiger partial charge is 0.225 e. The van der Waals surface area contributed by atoms with Gasteiger partial charge >= 0.3 is 0 Å². The molecule has 1 amide bonds. The summed E-state index contributed by atoms with van der Waals surface area (Å²) in [5, 5.41) is 2.75. The Morgan fingerprint density at radius 2 is 1.86 bits per heavy atom. The highest BCUT2D eigenvalue weighted by atomic mass is 19.1. The van der Waals surface area contributed by atoms with E-state index in [1.807, 2.05) is 29.7 Å². The zero-order chi connectivity index (χ0) is 20.4. The van der Waals surface area contributed by atoms with Gasteiger partial charge in [0.05, 0.1) is 5.69 Å². The molecule has 1 atom stereocenters. The number of halogens is 2. The molecule has 0 aliphatic rings. The molecule has 0 aliphatic carbocycles. The number of fused-ring (bicyclic) bond motifs is 1. The van der Waals surface area contributed by atoms with E-state index in [0.717, 1.165) is 16.9 Å². The average Bonchev–Trinajstić information content (AvgIpc) is 3.11. The van der Waals surface area contributed by atoms with Crippen molar-refractivity contribution in [3.63, 3.8) is 0 Å². The molecule has 0 spiro atoms. The first-order chi connectivity index (χ1) is 14.0. The molecule has 2 aromatic heterocycles. The minimum atomic E-state index is -0.533. The number of carbonyl (C=O) groups excluding carboxylic acids is 1. The lowest BCUT2D eigenvalue weighted by atomic mass is 9.91. The molecule has 146 valence electrons. The first-order valence-corrected chi connectivity index (χ1v) is 9.25. The highest BCUT2D eigenvalue weighted by molar-refractivity contribution is 5.91. The molecule has 2 heterocycles. The van der Waals surface area contributed by atoms with Crippen molar-refractivity contribution in [2.24, 2.45) is 0 Å². The van der Waals surface area contributed by atoms with Crippen LogP contribution in [0, 0.1) is 18.6 Å². The van der Waals surface area contributed by atoms with Gasteiger partial charge in [-0.3, -0.25) is 4.79 Å². The summed E-state index contributed by atoms with van der Waals surface area (Å²) in [6.07, 6.45) is 3.57. The Morgan fingerprint density at radius 1 is 1.10 bits per heavy atom. The van der Waals surface area contributed by atoms with Crippen LogP contribution < -0.4 is 5.32 Å². The number of imidazole rings is 1. The SMILES string of the molecule is Cc1ccn2c(C(CC(=O)Nc3ccc(F)cc3)c3ccccc3F)cnc2c1. The Balaban J connectivity index is 1.70. The Kier molecular flexibility index (Phi) is 5.08. The number of carbonyl (C=O) groups is 1. The predicted molar refractivity (Wildman–Crippen MR) is 108 cm³/mol. The van der Waals surface area contributed by atoms with Gasteiger partial charge in [0.25, 0.3) is 0 Å². The van der Waals surface area contributed by atoms with E-state index in [1.54, 1.807) is 24.4 Å². The van der Waals surface area contributed by atoms with Gasteiger partial charge in [-0.15, -0.1) is 0 Å². The molecule has 0 saturated carbocycles. The third-order valence-corrected chi connectivity index (χ3v) is 4.85. The first-order valence-electron chi connectivity index (χ1n) is 9.25. The van der Waals surface area contributed by atoms with E-state index in [-0.39, 0.29) is 24.0 Å². The number of hydrogen-bond donors (Lipinski definition) is 1. The number of anilines is 1. The third kappa shape index (κ3) is 4.01. The number of nitrogens with zero attached hydrogens (tertiary/aromatic N) is 2. The van der Waals surface area contributed by atoms with E-state index < -0.39 is 5.92 Å². The second kappa shape index (κ2) is 7.83. The molecule has 1 unspecified atom stereocenters. The van der Waals surface area contributed by atoms with Gasteiger partial charge in [0, 0.05) is 30.4 Å². The van der Waals surface area contributed by atoms with E-state index in [0.29, 0.717) is 11.3 Å². The van der Waals surface area contributed by atoms with Crippen LogP contribution in [0.1, 0.15) is 29.2 Å². The van der Waals surface area contributed by atoms with Crippen molar-refractivity contribution in [3.05, 3.63) is 102 Å². The fourth-order valence-electron chi connectivity index (χ4n) is 3.42. The molecule has 6 heteroatoms. The predicted octanol–water partition coefficient (Wildman–Crippen LogP) is 5.08. The highest BCUT2D eigenvalue weighted by Gasteiger charge is 2.24. The van der Waals surface area contributed by atoms with Crippen LogP contribution in [-0.4, -0.2) is 15.3 Å². The quantitative estimate of drug-likeness (QED) is 0.516. The molecule has 0 bridgehead atoms. The average molecular weight is 391 g/mol. The number of rotatable bonds is 5. The number of hydrogen-bond acceptors (Lipinski definition) is 2. The van der Waals surface area contributed by atoms with Crippen molar-refractivity contribution in [3.8, 4) is 0 Å². The Labute approximate surface area is 166 Å². The number of amides is 1. The van der Waals surface area contributed by atoms with Crippen LogP contribution >= 0.6 is 0 Å². The lowest BCUT2D eigenvalue weighted by molar-refractivity contribution is -0.116. The van der Waals surface area contributed by atoms with Crippen LogP contribution in [0.15, 0.2) is 73.1 Å². The van der Waals surface area contributed by atoms with Crippen LogP contribution in [0.2, 0.25) is 0 Å². The van der Waals surface area contributed by atoms with Crippen molar-refractivity contribution < 1.29 is 13.6 Å². The topological polar surface area (TPSA) is 46.4 Å². The number of nitrogens with one attached hydrogen (secondary N) is 1. The second-order valence-electron chi connectivity index (χ2n) is 6.95. The van der Waals surface area contributed by atoms with Gasteiger partial charge in [-0.1, -0.05) is 18.2 Å². The second-order valence-corrected chi connectivity index (χ2v) is 6.95. The zero-order valence-corrected chi connectivity index (χ0v) is 15.8. The summed E-state index contributed by atoms with van der Waals surface area (Å²) < 4.78 is 29.6. The molecule has 0 aliphatic heterocycles. The van der Waals surface area contributed by atoms with E-state index in [1.165, 1.54) is 30.3 Å². The molecule has 29 heavy (non-hydrogen) atoms. The van der Waals surface area contributed by atoms with E-state index >= 15 is 0 Å². The molecule has 4 nitrogen and oxygen atoms in total. The van der Waals surface area contributed by atoms with Crippen LogP contribution in [-0.2, 0) is 4.79 Å². The minimum absolute atomic E-state index is 0.0139. The summed E-state index contributed by atoms with van der Waals surface area (Å²) in [4.78, 5) is 17.1. The van der Waals surface area contributed by atoms with Crippen molar-refractivity contribution in [1.29, 1.82) is 0 Å². The minimum Gasteiger partial charge on any atom is -0.326 e. The summed E-state index contributed by atoms with van der Waals surface area (Å²) in [5.74, 6) is -1.59. The summed E-state index contributed by atoms with van der Waals surface area (Å²) in [6.45, 7) is 1.97. The van der Waals surface area contributed by atoms with Crippen LogP contribution in [0.4, 0.5) is 14.5 Å². The molecule has 0 radical (unpaired) electrons. The molecule has 4 aromatic rings. The van der Waals surface area contributed by atoms with Gasteiger partial charge in [-0.2, -0.15) is 0 Å². The van der Waals surface area contributed by atoms with Crippen molar-refractivity contribution in [1.82, 2.24) is 9.38 Å². The standard InChI is InChI=1S/C23H19F2N3O/c1-15-10-11-28-21(14-26-22(28)12-15)19(18-4-2-3-5-20(18)25)13-23(29)27-17-8-6-16(24)7-9-17/h2-12,14,19H,13H2,1H3,(H,27,29). The Bertz CT molecular complexity index is 1170. The third-order valence-electron chi connectivity index (χ3n) is 4.85. The summed E-state index contributed by atoms with van der Waals surface area (Å²) in [5.41, 5.74) is 3.42. The van der Waals surface area contributed by atoms with Gasteiger partial charge in [0.15, 0.2) is 0 Å². The maximum absolute atomic E-state index is 14.6. The fourth-order valence-corrected chi connectivity index (χ4v) is 3.42. The monoisotopic (exact) mass is 391 g/mol. The summed E-state index contributed by atoms with van der Waals surface area (Å²) in [7, 11) is 0. The summed E-state index contributed by atoms with van der Waals surface area (Å²) in [6, 6.07) is 15.8. The first kappa shape index (κ1) is 18.8. The van der Waals surface area contributed by atoms with Crippen molar-refractivity contribution in [2.45, 2.75) is 19.3 Å². The number of aromatic nitrogens is 2. The van der Waals surface area contributed by atoms with E-state index in [2.05, 4.69) is 10.3 Å². The highest BCUT2D eigenvalue weighted by Crippen LogP contribution is 2.31. The van der Waals surface area contributed by atoms with Gasteiger partial charge in [0.2, 0.25) is 5.91 Å². The summed E-state index contributed by atoms with van der Waals surface area (Å²) >= 11 is 0. The molecule has 4 rings (SSSR count). The molecular formula is C23H19F2N3O. The fraction of sp³-hybridized carbons (Fsp3) is 0.130.